The molecule has 0 fully saturated rings. The first kappa shape index (κ1) is 14.5. The SMILES string of the molecule is O=C(O)c1nc(Nc2ccccc2)nc(Nc2ccccc2)n1. The summed E-state index contributed by atoms with van der Waals surface area (Å²) in [6.45, 7) is 0. The van der Waals surface area contributed by atoms with Gasteiger partial charge in [-0.15, -0.1) is 0 Å². The third-order valence-corrected chi connectivity index (χ3v) is 2.89. The first-order valence-electron chi connectivity index (χ1n) is 6.84. The molecule has 0 radical (unpaired) electrons. The molecule has 1 aromatic heterocycles. The summed E-state index contributed by atoms with van der Waals surface area (Å²) in [4.78, 5) is 23.2. The quantitative estimate of drug-likeness (QED) is 0.666. The molecule has 0 amide bonds. The Hall–Kier alpha value is -3.48. The van der Waals surface area contributed by atoms with Crippen LogP contribution in [0.3, 0.4) is 0 Å². The second-order valence-electron chi connectivity index (χ2n) is 4.59. The minimum Gasteiger partial charge on any atom is -0.475 e. The molecule has 3 aromatic rings. The van der Waals surface area contributed by atoms with Crippen molar-refractivity contribution in [3.05, 3.63) is 66.5 Å². The van der Waals surface area contributed by atoms with Gasteiger partial charge in [-0.25, -0.2) is 4.79 Å². The van der Waals surface area contributed by atoms with Crippen molar-refractivity contribution in [3.63, 3.8) is 0 Å². The predicted octanol–water partition coefficient (Wildman–Crippen LogP) is 3.06. The van der Waals surface area contributed by atoms with Gasteiger partial charge >= 0.3 is 5.97 Å². The minimum atomic E-state index is -1.22. The number of nitrogens with zero attached hydrogens (tertiary/aromatic N) is 3. The van der Waals surface area contributed by atoms with Crippen LogP contribution in [0.25, 0.3) is 0 Å². The monoisotopic (exact) mass is 307 g/mol. The van der Waals surface area contributed by atoms with E-state index >= 15 is 0 Å². The fourth-order valence-electron chi connectivity index (χ4n) is 1.88. The van der Waals surface area contributed by atoms with Crippen molar-refractivity contribution in [2.24, 2.45) is 0 Å². The van der Waals surface area contributed by atoms with Gasteiger partial charge in [0.2, 0.25) is 17.7 Å². The van der Waals surface area contributed by atoms with Gasteiger partial charge in [0, 0.05) is 11.4 Å². The molecule has 7 nitrogen and oxygen atoms in total. The Labute approximate surface area is 132 Å². The maximum atomic E-state index is 11.2. The number of para-hydroxylation sites is 2. The Morgan fingerprint density at radius 3 is 1.57 bits per heavy atom. The molecule has 0 aliphatic heterocycles. The Balaban J connectivity index is 1.91. The number of hydrogen-bond acceptors (Lipinski definition) is 6. The molecule has 0 aliphatic carbocycles. The highest BCUT2D eigenvalue weighted by Gasteiger charge is 2.12. The van der Waals surface area contributed by atoms with E-state index in [0.29, 0.717) is 0 Å². The van der Waals surface area contributed by atoms with Gasteiger partial charge in [-0.05, 0) is 24.3 Å². The summed E-state index contributed by atoms with van der Waals surface area (Å²) in [7, 11) is 0. The maximum Gasteiger partial charge on any atom is 0.374 e. The summed E-state index contributed by atoms with van der Waals surface area (Å²) >= 11 is 0. The van der Waals surface area contributed by atoms with Crippen LogP contribution in [0.2, 0.25) is 0 Å². The summed E-state index contributed by atoms with van der Waals surface area (Å²) in [5.41, 5.74) is 1.50. The lowest BCUT2D eigenvalue weighted by Crippen LogP contribution is -2.11. The van der Waals surface area contributed by atoms with Gasteiger partial charge in [0.1, 0.15) is 0 Å². The normalized spacial score (nSPS) is 10.1. The number of carboxylic acid groups (broad SMARTS) is 1. The van der Waals surface area contributed by atoms with Crippen LogP contribution in [0.4, 0.5) is 23.3 Å². The van der Waals surface area contributed by atoms with Gasteiger partial charge in [0.15, 0.2) is 0 Å². The van der Waals surface area contributed by atoms with Crippen molar-refractivity contribution in [2.75, 3.05) is 10.6 Å². The Kier molecular flexibility index (Phi) is 4.10. The highest BCUT2D eigenvalue weighted by Crippen LogP contribution is 2.16. The molecule has 0 saturated carbocycles. The number of aromatic carboxylic acids is 1. The molecule has 0 bridgehead atoms. The summed E-state index contributed by atoms with van der Waals surface area (Å²) in [6.07, 6.45) is 0. The van der Waals surface area contributed by atoms with Crippen LogP contribution >= 0.6 is 0 Å². The number of anilines is 4. The van der Waals surface area contributed by atoms with Crippen LogP contribution in [0.5, 0.6) is 0 Å². The van der Waals surface area contributed by atoms with Gasteiger partial charge in [0.25, 0.3) is 0 Å². The van der Waals surface area contributed by atoms with Gasteiger partial charge in [-0.3, -0.25) is 0 Å². The standard InChI is InChI=1S/C16H13N5O2/c22-14(23)13-19-15(17-11-7-3-1-4-8-11)21-16(20-13)18-12-9-5-2-6-10-12/h1-10H,(H,22,23)(H2,17,18,19,20,21). The smallest absolute Gasteiger partial charge is 0.374 e. The summed E-state index contributed by atoms with van der Waals surface area (Å²) in [5.74, 6) is -1.25. The fraction of sp³-hybridized carbons (Fsp3) is 0. The molecule has 2 aromatic carbocycles. The van der Waals surface area contributed by atoms with Crippen molar-refractivity contribution in [3.8, 4) is 0 Å². The van der Waals surface area contributed by atoms with Crippen molar-refractivity contribution in [2.45, 2.75) is 0 Å². The van der Waals surface area contributed by atoms with E-state index in [1.54, 1.807) is 0 Å². The Bertz CT molecular complexity index is 749. The van der Waals surface area contributed by atoms with E-state index in [0.717, 1.165) is 11.4 Å². The number of rotatable bonds is 5. The van der Waals surface area contributed by atoms with E-state index in [9.17, 15) is 4.79 Å². The molecular formula is C16H13N5O2. The first-order chi connectivity index (χ1) is 11.2. The third-order valence-electron chi connectivity index (χ3n) is 2.89. The molecule has 3 N–H and O–H groups in total. The number of nitrogens with one attached hydrogen (secondary N) is 2. The average molecular weight is 307 g/mol. The van der Waals surface area contributed by atoms with Crippen molar-refractivity contribution < 1.29 is 9.90 Å². The van der Waals surface area contributed by atoms with E-state index in [-0.39, 0.29) is 17.7 Å². The van der Waals surface area contributed by atoms with E-state index < -0.39 is 5.97 Å². The van der Waals surface area contributed by atoms with E-state index in [1.165, 1.54) is 0 Å². The Morgan fingerprint density at radius 1 is 0.739 bits per heavy atom. The molecule has 0 spiro atoms. The molecule has 114 valence electrons. The van der Waals surface area contributed by atoms with Crippen LogP contribution in [0.15, 0.2) is 60.7 Å². The predicted molar refractivity (Wildman–Crippen MR) is 86.2 cm³/mol. The third kappa shape index (κ3) is 3.79. The maximum absolute atomic E-state index is 11.2. The highest BCUT2D eigenvalue weighted by atomic mass is 16.4. The molecule has 0 aliphatic rings. The first-order valence-corrected chi connectivity index (χ1v) is 6.84. The second-order valence-corrected chi connectivity index (χ2v) is 4.59. The van der Waals surface area contributed by atoms with Crippen molar-refractivity contribution >= 4 is 29.2 Å². The van der Waals surface area contributed by atoms with E-state index in [2.05, 4.69) is 25.6 Å². The molecule has 1 heterocycles. The van der Waals surface area contributed by atoms with Crippen molar-refractivity contribution in [1.82, 2.24) is 15.0 Å². The minimum absolute atomic E-state index is 0.155. The molecular weight excluding hydrogens is 294 g/mol. The second kappa shape index (κ2) is 6.52. The lowest BCUT2D eigenvalue weighted by atomic mass is 10.3. The van der Waals surface area contributed by atoms with Crippen LogP contribution in [0.1, 0.15) is 10.6 Å². The zero-order chi connectivity index (χ0) is 16.1. The molecule has 0 atom stereocenters. The highest BCUT2D eigenvalue weighted by molar-refractivity contribution is 5.84. The molecule has 0 unspecified atom stereocenters. The van der Waals surface area contributed by atoms with Gasteiger partial charge in [-0.2, -0.15) is 15.0 Å². The summed E-state index contributed by atoms with van der Waals surface area (Å²) in [5, 5.41) is 15.1. The van der Waals surface area contributed by atoms with Gasteiger partial charge < -0.3 is 15.7 Å². The molecule has 0 saturated heterocycles. The zero-order valence-corrected chi connectivity index (χ0v) is 12.0. The topological polar surface area (TPSA) is 100 Å². The van der Waals surface area contributed by atoms with Crippen LogP contribution < -0.4 is 10.6 Å². The van der Waals surface area contributed by atoms with Gasteiger partial charge in [-0.1, -0.05) is 36.4 Å². The molecule has 7 heteroatoms. The van der Waals surface area contributed by atoms with Crippen LogP contribution in [-0.4, -0.2) is 26.0 Å². The fourth-order valence-corrected chi connectivity index (χ4v) is 1.88. The average Bonchev–Trinajstić information content (AvgIpc) is 2.56. The summed E-state index contributed by atoms with van der Waals surface area (Å²) < 4.78 is 0. The van der Waals surface area contributed by atoms with Gasteiger partial charge in [0.05, 0.1) is 0 Å². The van der Waals surface area contributed by atoms with E-state index in [4.69, 9.17) is 5.11 Å². The largest absolute Gasteiger partial charge is 0.475 e. The Morgan fingerprint density at radius 2 is 1.17 bits per heavy atom. The lowest BCUT2D eigenvalue weighted by Gasteiger charge is -2.09. The lowest BCUT2D eigenvalue weighted by molar-refractivity contribution is 0.0683. The van der Waals surface area contributed by atoms with Crippen molar-refractivity contribution in [1.29, 1.82) is 0 Å². The number of carboxylic acids is 1. The molecule has 23 heavy (non-hydrogen) atoms. The number of benzene rings is 2. The summed E-state index contributed by atoms with van der Waals surface area (Å²) in [6, 6.07) is 18.5. The van der Waals surface area contributed by atoms with E-state index in [1.807, 2.05) is 60.7 Å². The van der Waals surface area contributed by atoms with Crippen LogP contribution in [-0.2, 0) is 0 Å². The number of aromatic nitrogens is 3. The molecule has 3 rings (SSSR count). The number of hydrogen-bond donors (Lipinski definition) is 3. The number of carbonyl (C=O) groups is 1. The van der Waals surface area contributed by atoms with Crippen LogP contribution in [0, 0.1) is 0 Å². The zero-order valence-electron chi connectivity index (χ0n) is 12.0.